The van der Waals surface area contributed by atoms with Crippen molar-refractivity contribution in [1.82, 2.24) is 0 Å². The molecular formula is C76H58N4. The van der Waals surface area contributed by atoms with E-state index in [1.54, 1.807) is 0 Å². The molecule has 0 unspecified atom stereocenters. The van der Waals surface area contributed by atoms with Crippen LogP contribution in [0.4, 0.5) is 68.2 Å². The molecule has 0 heterocycles. The van der Waals surface area contributed by atoms with Gasteiger partial charge in [0.05, 0.1) is 11.4 Å². The van der Waals surface area contributed by atoms with Crippen LogP contribution in [-0.4, -0.2) is 0 Å². The van der Waals surface area contributed by atoms with Gasteiger partial charge in [-0.05, 0) is 166 Å². The van der Waals surface area contributed by atoms with Crippen LogP contribution < -0.4 is 19.6 Å². The summed E-state index contributed by atoms with van der Waals surface area (Å²) < 4.78 is 0. The van der Waals surface area contributed by atoms with Gasteiger partial charge in [0.25, 0.3) is 0 Å². The van der Waals surface area contributed by atoms with E-state index in [-0.39, 0.29) is 0 Å². The van der Waals surface area contributed by atoms with Gasteiger partial charge in [-0.25, -0.2) is 0 Å². The largest absolute Gasteiger partial charge is 0.310 e. The Balaban J connectivity index is 0.903. The molecule has 0 aliphatic rings. The second-order valence-corrected chi connectivity index (χ2v) is 19.6. The first-order chi connectivity index (χ1) is 39.5. The summed E-state index contributed by atoms with van der Waals surface area (Å²) in [5.74, 6) is 0. The number of anilines is 12. The topological polar surface area (TPSA) is 13.0 Å². The molecule has 0 aliphatic heterocycles. The zero-order chi connectivity index (χ0) is 54.2. The van der Waals surface area contributed by atoms with E-state index < -0.39 is 0 Å². The first-order valence-electron chi connectivity index (χ1n) is 27.0. The average molecular weight is 1030 g/mol. The van der Waals surface area contributed by atoms with Crippen LogP contribution in [0.1, 0.15) is 27.8 Å². The third-order valence-electron chi connectivity index (χ3n) is 14.6. The van der Waals surface area contributed by atoms with Gasteiger partial charge >= 0.3 is 0 Å². The van der Waals surface area contributed by atoms with Gasteiger partial charge in [0.1, 0.15) is 0 Å². The molecule has 0 bridgehead atoms. The molecule has 0 saturated heterocycles. The SMILES string of the molecule is C=Cc1cccc(N(c2ccccc2)c2ccc(N(c3ccccc3)c3ccc(C=Cc4cccc(N(c5cccc(N(c6cccc(C=C)c6)c6cccc7ccccc67)c5)c5cccc6ccccc56)c4)c(C=C)c3)cc2)c1. The Kier molecular flexibility index (Phi) is 14.3. The highest BCUT2D eigenvalue weighted by molar-refractivity contribution is 6.02. The molecule has 0 atom stereocenters. The first-order valence-corrected chi connectivity index (χ1v) is 27.0. The molecule has 0 aromatic heterocycles. The Bertz CT molecular complexity index is 4210. The highest BCUT2D eigenvalue weighted by atomic mass is 15.2. The third kappa shape index (κ3) is 10.3. The van der Waals surface area contributed by atoms with Crippen LogP contribution >= 0.6 is 0 Å². The molecule has 0 N–H and O–H groups in total. The Hall–Kier alpha value is -10.7. The van der Waals surface area contributed by atoms with Gasteiger partial charge < -0.3 is 19.6 Å². The highest BCUT2D eigenvalue weighted by Gasteiger charge is 2.21. The van der Waals surface area contributed by atoms with Crippen molar-refractivity contribution >= 4 is 120 Å². The average Bonchev–Trinajstić information content (AvgIpc) is 3.54. The van der Waals surface area contributed by atoms with Crippen LogP contribution in [0, 0.1) is 0 Å². The Morgan fingerprint density at radius 2 is 0.575 bits per heavy atom. The van der Waals surface area contributed by atoms with Crippen LogP contribution in [0.25, 0.3) is 51.9 Å². The van der Waals surface area contributed by atoms with Gasteiger partial charge in [0.2, 0.25) is 0 Å². The quantitative estimate of drug-likeness (QED) is 0.0843. The van der Waals surface area contributed by atoms with Gasteiger partial charge in [-0.1, -0.05) is 208 Å². The van der Waals surface area contributed by atoms with Crippen molar-refractivity contribution < 1.29 is 0 Å². The van der Waals surface area contributed by atoms with E-state index in [1.807, 2.05) is 18.2 Å². The van der Waals surface area contributed by atoms with Gasteiger partial charge in [0.15, 0.2) is 0 Å². The van der Waals surface area contributed by atoms with Crippen LogP contribution in [0.3, 0.4) is 0 Å². The van der Waals surface area contributed by atoms with Gasteiger partial charge in [0, 0.05) is 67.6 Å². The van der Waals surface area contributed by atoms with Gasteiger partial charge in [-0.3, -0.25) is 0 Å². The van der Waals surface area contributed by atoms with Crippen LogP contribution in [-0.2, 0) is 0 Å². The molecule has 12 rings (SSSR count). The maximum Gasteiger partial charge on any atom is 0.0540 e. The maximum atomic E-state index is 4.33. The zero-order valence-corrected chi connectivity index (χ0v) is 44.4. The highest BCUT2D eigenvalue weighted by Crippen LogP contribution is 2.45. The van der Waals surface area contributed by atoms with Crippen molar-refractivity contribution in [1.29, 1.82) is 0 Å². The molecule has 12 aromatic rings. The predicted molar refractivity (Wildman–Crippen MR) is 346 cm³/mol. The molecule has 4 heteroatoms. The van der Waals surface area contributed by atoms with E-state index in [4.69, 9.17) is 0 Å². The summed E-state index contributed by atoms with van der Waals surface area (Å²) >= 11 is 0. The van der Waals surface area contributed by atoms with Crippen molar-refractivity contribution in [3.8, 4) is 0 Å². The standard InChI is InChI=1S/C76H58N4/c1-4-56-23-17-34-67(51-56)77(63-30-9-7-10-31-63)65-47-49-66(50-48-65)78(64-32-11-8-12-33-64)72-46-45-60(59(6-3)54-72)44-43-58-25-19-36-69(53-58)80(76-42-21-29-62-27-14-16-40-74(62)76)71-38-22-37-70(55-71)79(68-35-18-24-57(5-2)52-68)75-41-20-28-61-26-13-15-39-73(61)75/h4-55H,1-3H2. The van der Waals surface area contributed by atoms with Crippen LogP contribution in [0.2, 0.25) is 0 Å². The molecule has 0 saturated carbocycles. The molecule has 80 heavy (non-hydrogen) atoms. The maximum absolute atomic E-state index is 4.33. The number of rotatable bonds is 17. The minimum atomic E-state index is 1.02. The van der Waals surface area contributed by atoms with E-state index in [9.17, 15) is 0 Å². The van der Waals surface area contributed by atoms with E-state index in [2.05, 4.69) is 337 Å². The fourth-order valence-corrected chi connectivity index (χ4v) is 10.8. The molecule has 4 nitrogen and oxygen atoms in total. The predicted octanol–water partition coefficient (Wildman–Crippen LogP) is 22.0. The van der Waals surface area contributed by atoms with Crippen LogP contribution in [0.5, 0.6) is 0 Å². The zero-order valence-electron chi connectivity index (χ0n) is 44.4. The number of nitrogens with zero attached hydrogens (tertiary/aromatic N) is 4. The Morgan fingerprint density at radius 3 is 1.06 bits per heavy atom. The Morgan fingerprint density at radius 1 is 0.225 bits per heavy atom. The fourth-order valence-electron chi connectivity index (χ4n) is 10.8. The smallest absolute Gasteiger partial charge is 0.0540 e. The minimum absolute atomic E-state index is 1.02. The summed E-state index contributed by atoms with van der Waals surface area (Å²) in [7, 11) is 0. The lowest BCUT2D eigenvalue weighted by Gasteiger charge is -2.30. The number of hydrogen-bond acceptors (Lipinski definition) is 4. The Labute approximate surface area is 470 Å². The third-order valence-corrected chi connectivity index (χ3v) is 14.6. The second-order valence-electron chi connectivity index (χ2n) is 19.6. The molecule has 0 amide bonds. The number of hydrogen-bond donors (Lipinski definition) is 0. The van der Waals surface area contributed by atoms with Crippen molar-refractivity contribution in [3.05, 3.63) is 333 Å². The van der Waals surface area contributed by atoms with E-state index in [1.165, 1.54) is 16.2 Å². The van der Waals surface area contributed by atoms with Crippen molar-refractivity contribution in [2.45, 2.75) is 0 Å². The van der Waals surface area contributed by atoms with Crippen molar-refractivity contribution in [3.63, 3.8) is 0 Å². The van der Waals surface area contributed by atoms with Crippen molar-refractivity contribution in [2.24, 2.45) is 0 Å². The summed E-state index contributed by atoms with van der Waals surface area (Å²) in [6, 6.07) is 101. The summed E-state index contributed by atoms with van der Waals surface area (Å²) in [5, 5.41) is 4.68. The normalized spacial score (nSPS) is 11.1. The van der Waals surface area contributed by atoms with E-state index >= 15 is 0 Å². The molecular weight excluding hydrogens is 969 g/mol. The molecule has 12 aromatic carbocycles. The summed E-state index contributed by atoms with van der Waals surface area (Å²) in [4.78, 5) is 9.33. The van der Waals surface area contributed by atoms with Crippen LogP contribution in [0.15, 0.2) is 305 Å². The minimum Gasteiger partial charge on any atom is -0.310 e. The molecule has 0 aliphatic carbocycles. The van der Waals surface area contributed by atoms with Gasteiger partial charge in [-0.15, -0.1) is 0 Å². The molecule has 0 spiro atoms. The molecule has 382 valence electrons. The van der Waals surface area contributed by atoms with E-state index in [0.717, 1.165) is 101 Å². The monoisotopic (exact) mass is 1030 g/mol. The first kappa shape index (κ1) is 50.2. The lowest BCUT2D eigenvalue weighted by molar-refractivity contribution is 1.25. The summed E-state index contributed by atoms with van der Waals surface area (Å²) in [6.07, 6.45) is 10.1. The fraction of sp³-hybridized carbons (Fsp3) is 0. The number of benzene rings is 12. The summed E-state index contributed by atoms with van der Waals surface area (Å²) in [6.45, 7) is 12.5. The second kappa shape index (κ2) is 22.9. The lowest BCUT2D eigenvalue weighted by Crippen LogP contribution is -2.14. The number of fused-ring (bicyclic) bond motifs is 2. The lowest BCUT2D eigenvalue weighted by atomic mass is 10.0. The molecule has 0 radical (unpaired) electrons. The number of para-hydroxylation sites is 2. The molecule has 0 fully saturated rings. The van der Waals surface area contributed by atoms with E-state index in [0.29, 0.717) is 0 Å². The van der Waals surface area contributed by atoms with Gasteiger partial charge in [-0.2, -0.15) is 0 Å². The van der Waals surface area contributed by atoms with Crippen molar-refractivity contribution in [2.75, 3.05) is 19.6 Å². The summed E-state index contributed by atoms with van der Waals surface area (Å²) in [5.41, 5.74) is 17.9.